The van der Waals surface area contributed by atoms with Crippen LogP contribution in [0.2, 0.25) is 0 Å². The van der Waals surface area contributed by atoms with Crippen LogP contribution >= 0.6 is 0 Å². The van der Waals surface area contributed by atoms with E-state index >= 15 is 0 Å². The van der Waals surface area contributed by atoms with Gasteiger partial charge in [-0.3, -0.25) is 9.59 Å². The van der Waals surface area contributed by atoms with E-state index in [1.54, 1.807) is 13.8 Å². The van der Waals surface area contributed by atoms with Crippen LogP contribution in [0.3, 0.4) is 0 Å². The maximum atomic E-state index is 11.4. The number of aliphatic carboxylic acids is 2. The maximum absolute atomic E-state index is 11.4. The van der Waals surface area contributed by atoms with Gasteiger partial charge in [0.1, 0.15) is 0 Å². The molecule has 4 nitrogen and oxygen atoms in total. The van der Waals surface area contributed by atoms with Gasteiger partial charge in [0.05, 0.1) is 0 Å². The molecule has 0 unspecified atom stereocenters. The van der Waals surface area contributed by atoms with Gasteiger partial charge < -0.3 is 10.2 Å². The van der Waals surface area contributed by atoms with Gasteiger partial charge in [0.2, 0.25) is 0 Å². The van der Waals surface area contributed by atoms with Crippen molar-refractivity contribution >= 4 is 63.3 Å². The average Bonchev–Trinajstić information content (AvgIpc) is 2.18. The van der Waals surface area contributed by atoms with Crippen molar-refractivity contribution in [2.24, 2.45) is 17.3 Å². The zero-order valence-electron chi connectivity index (χ0n) is 9.90. The van der Waals surface area contributed by atoms with E-state index in [0.717, 1.165) is 32.1 Å². The Morgan fingerprint density at radius 2 is 1.47 bits per heavy atom. The minimum absolute atomic E-state index is 0. The number of rotatable bonds is 4. The summed E-state index contributed by atoms with van der Waals surface area (Å²) in [4.78, 5) is 22.8. The van der Waals surface area contributed by atoms with E-state index in [4.69, 9.17) is 0 Å². The van der Waals surface area contributed by atoms with Crippen molar-refractivity contribution in [3.8, 4) is 0 Å². The quantitative estimate of drug-likeness (QED) is 0.601. The van der Waals surface area contributed by atoms with E-state index in [2.05, 4.69) is 0 Å². The minimum atomic E-state index is -1.60. The summed E-state index contributed by atoms with van der Waals surface area (Å²) in [6, 6.07) is 0. The van der Waals surface area contributed by atoms with Gasteiger partial charge in [-0.25, -0.2) is 0 Å². The molecule has 1 aliphatic rings. The molecule has 0 atom stereocenters. The van der Waals surface area contributed by atoms with Crippen molar-refractivity contribution in [3.63, 3.8) is 0 Å². The van der Waals surface area contributed by atoms with Gasteiger partial charge in [0.15, 0.2) is 5.41 Å². The van der Waals surface area contributed by atoms with Crippen molar-refractivity contribution in [1.82, 2.24) is 0 Å². The third kappa shape index (κ3) is 3.32. The second-order valence-corrected chi connectivity index (χ2v) is 4.97. The molecule has 0 amide bonds. The number of carboxylic acids is 2. The monoisotopic (exact) mass is 268 g/mol. The molecule has 0 aromatic heterocycles. The van der Waals surface area contributed by atoms with E-state index in [9.17, 15) is 19.8 Å². The van der Waals surface area contributed by atoms with Crippen LogP contribution in [0.5, 0.6) is 0 Å². The predicted octanol–water partition coefficient (Wildman–Crippen LogP) is 1.73. The van der Waals surface area contributed by atoms with Gasteiger partial charge in [0.25, 0.3) is 0 Å². The van der Waals surface area contributed by atoms with Crippen molar-refractivity contribution < 1.29 is 19.8 Å². The van der Waals surface area contributed by atoms with E-state index in [0.29, 0.717) is 0 Å². The van der Waals surface area contributed by atoms with Crippen molar-refractivity contribution in [1.29, 1.82) is 0 Å². The molecule has 0 saturated heterocycles. The Balaban J connectivity index is 0.00000256. The van der Waals surface area contributed by atoms with Gasteiger partial charge in [-0.05, 0) is 24.7 Å². The molecular formula is C12H21KO4. The van der Waals surface area contributed by atoms with Crippen LogP contribution in [0.15, 0.2) is 0 Å². The van der Waals surface area contributed by atoms with Crippen LogP contribution < -0.4 is 0 Å². The summed E-state index contributed by atoms with van der Waals surface area (Å²) in [5.41, 5.74) is -1.60. The number of carbonyl (C=O) groups is 2. The Bertz CT molecular complexity index is 268. The fourth-order valence-electron chi connectivity index (χ4n) is 2.96. The first-order valence-electron chi connectivity index (χ1n) is 5.90. The predicted molar refractivity (Wildman–Crippen MR) is 66.3 cm³/mol. The third-order valence-corrected chi connectivity index (χ3v) is 3.87. The topological polar surface area (TPSA) is 74.6 Å². The molecule has 1 fully saturated rings. The summed E-state index contributed by atoms with van der Waals surface area (Å²) in [5.74, 6) is -2.97. The third-order valence-electron chi connectivity index (χ3n) is 3.87. The summed E-state index contributed by atoms with van der Waals surface area (Å²) in [5, 5.41) is 18.7. The molecule has 0 radical (unpaired) electrons. The normalized spacial score (nSPS) is 17.6. The van der Waals surface area contributed by atoms with Gasteiger partial charge in [-0.2, -0.15) is 0 Å². The SMILES string of the molecule is CC(C)C(C(=O)O)(C(=O)O)C1CCCCC1.[KH]. The Labute approximate surface area is 145 Å². The second-order valence-electron chi connectivity index (χ2n) is 4.97. The van der Waals surface area contributed by atoms with Crippen molar-refractivity contribution in [2.45, 2.75) is 46.0 Å². The van der Waals surface area contributed by atoms with Gasteiger partial charge in [-0.15, -0.1) is 0 Å². The summed E-state index contributed by atoms with van der Waals surface area (Å²) < 4.78 is 0. The first kappa shape index (κ1) is 17.6. The summed E-state index contributed by atoms with van der Waals surface area (Å²) in [7, 11) is 0. The van der Waals surface area contributed by atoms with Crippen molar-refractivity contribution in [3.05, 3.63) is 0 Å². The first-order chi connectivity index (χ1) is 7.44. The zero-order valence-corrected chi connectivity index (χ0v) is 9.90. The molecule has 1 aliphatic carbocycles. The van der Waals surface area contributed by atoms with Crippen LogP contribution in [0, 0.1) is 17.3 Å². The van der Waals surface area contributed by atoms with E-state index in [1.165, 1.54) is 0 Å². The van der Waals surface area contributed by atoms with Gasteiger partial charge >= 0.3 is 63.3 Å². The first-order valence-corrected chi connectivity index (χ1v) is 5.90. The molecule has 1 rings (SSSR count). The van der Waals surface area contributed by atoms with Crippen LogP contribution in [0.25, 0.3) is 0 Å². The zero-order chi connectivity index (χ0) is 12.3. The fraction of sp³-hybridized carbons (Fsp3) is 0.833. The van der Waals surface area contributed by atoms with Gasteiger partial charge in [-0.1, -0.05) is 33.1 Å². The molecule has 5 heteroatoms. The van der Waals surface area contributed by atoms with E-state index < -0.39 is 17.4 Å². The summed E-state index contributed by atoms with van der Waals surface area (Å²) >= 11 is 0. The molecule has 17 heavy (non-hydrogen) atoms. The Kier molecular flexibility index (Phi) is 7.48. The van der Waals surface area contributed by atoms with E-state index in [1.807, 2.05) is 0 Å². The molecule has 0 aromatic rings. The fourth-order valence-corrected chi connectivity index (χ4v) is 2.96. The molecule has 94 valence electrons. The summed E-state index contributed by atoms with van der Waals surface area (Å²) in [6.07, 6.45) is 4.41. The van der Waals surface area contributed by atoms with E-state index in [-0.39, 0.29) is 63.2 Å². The molecule has 1 saturated carbocycles. The number of hydrogen-bond acceptors (Lipinski definition) is 2. The average molecular weight is 268 g/mol. The molecule has 0 heterocycles. The van der Waals surface area contributed by atoms with Gasteiger partial charge in [0, 0.05) is 0 Å². The van der Waals surface area contributed by atoms with Crippen LogP contribution in [-0.4, -0.2) is 73.5 Å². The van der Waals surface area contributed by atoms with Crippen LogP contribution in [0.1, 0.15) is 46.0 Å². The standard InChI is InChI=1S/C12H20O4.K.H/c1-8(2)12(10(13)14,11(15)16)9-6-4-3-5-7-9;;/h8-9H,3-7H2,1-2H3,(H,13,14)(H,15,16);;. The second kappa shape index (κ2) is 7.24. The number of hydrogen-bond donors (Lipinski definition) is 2. The molecule has 0 bridgehead atoms. The molecule has 2 N–H and O–H groups in total. The van der Waals surface area contributed by atoms with Crippen LogP contribution in [0.4, 0.5) is 0 Å². The molecule has 0 aliphatic heterocycles. The summed E-state index contributed by atoms with van der Waals surface area (Å²) in [6.45, 7) is 3.38. The molecule has 0 spiro atoms. The molecule has 0 aromatic carbocycles. The molecular weight excluding hydrogens is 247 g/mol. The Morgan fingerprint density at radius 1 is 1.06 bits per heavy atom. The Hall–Kier alpha value is 0.576. The number of carboxylic acid groups (broad SMARTS) is 2. The van der Waals surface area contributed by atoms with Crippen LogP contribution in [-0.2, 0) is 9.59 Å². The van der Waals surface area contributed by atoms with Crippen molar-refractivity contribution in [2.75, 3.05) is 0 Å². The Morgan fingerprint density at radius 3 is 1.76 bits per heavy atom.